The lowest BCUT2D eigenvalue weighted by Crippen LogP contribution is -2.17. The molecule has 0 radical (unpaired) electrons. The van der Waals surface area contributed by atoms with Crippen molar-refractivity contribution in [3.8, 4) is 11.5 Å². The Balaban J connectivity index is 0.00000300. The zero-order valence-electron chi connectivity index (χ0n) is 16.6. The maximum Gasteiger partial charge on any atom is 0.166 e. The molecular formula is C24H27ClFNO2. The lowest BCUT2D eigenvalue weighted by atomic mass is 10.1. The summed E-state index contributed by atoms with van der Waals surface area (Å²) in [5.74, 6) is 1.34. The second-order valence-electron chi connectivity index (χ2n) is 6.50. The van der Waals surface area contributed by atoms with E-state index in [9.17, 15) is 4.39 Å². The van der Waals surface area contributed by atoms with Crippen LogP contribution in [0.5, 0.6) is 11.5 Å². The number of hydrogen-bond acceptors (Lipinski definition) is 3. The second-order valence-corrected chi connectivity index (χ2v) is 6.50. The third kappa shape index (κ3) is 7.08. The Labute approximate surface area is 178 Å². The topological polar surface area (TPSA) is 30.5 Å². The van der Waals surface area contributed by atoms with E-state index in [0.717, 1.165) is 41.2 Å². The summed E-state index contributed by atoms with van der Waals surface area (Å²) in [6.07, 6.45) is 0.839. The van der Waals surface area contributed by atoms with Crippen LogP contribution in [0, 0.1) is 5.82 Å². The van der Waals surface area contributed by atoms with Crippen LogP contribution in [0.2, 0.25) is 0 Å². The standard InChI is InChI=1S/C24H26FNO2.ClH/c1-2-27-23-10-6-9-21(24(23)28-18-20-7-4-3-5-8-20)17-26-16-15-19-11-13-22(25)14-12-19;/h3-14,26H,2,15-18H2,1H3;1H. The number of benzene rings is 3. The summed E-state index contributed by atoms with van der Waals surface area (Å²) in [5.41, 5.74) is 3.28. The van der Waals surface area contributed by atoms with Crippen molar-refractivity contribution in [2.24, 2.45) is 0 Å². The van der Waals surface area contributed by atoms with Gasteiger partial charge in [0, 0.05) is 12.1 Å². The third-order valence-electron chi connectivity index (χ3n) is 4.41. The minimum atomic E-state index is -0.204. The monoisotopic (exact) mass is 415 g/mol. The summed E-state index contributed by atoms with van der Waals surface area (Å²) in [4.78, 5) is 0. The highest BCUT2D eigenvalue weighted by molar-refractivity contribution is 5.85. The molecule has 154 valence electrons. The van der Waals surface area contributed by atoms with Crippen LogP contribution in [0.15, 0.2) is 72.8 Å². The highest BCUT2D eigenvalue weighted by atomic mass is 35.5. The quantitative estimate of drug-likeness (QED) is 0.440. The summed E-state index contributed by atoms with van der Waals surface area (Å²) in [7, 11) is 0. The van der Waals surface area contributed by atoms with Crippen LogP contribution >= 0.6 is 12.4 Å². The van der Waals surface area contributed by atoms with E-state index in [0.29, 0.717) is 19.8 Å². The van der Waals surface area contributed by atoms with Crippen molar-refractivity contribution in [3.05, 3.63) is 95.3 Å². The maximum absolute atomic E-state index is 13.0. The van der Waals surface area contributed by atoms with Crippen molar-refractivity contribution in [2.45, 2.75) is 26.5 Å². The van der Waals surface area contributed by atoms with E-state index >= 15 is 0 Å². The van der Waals surface area contributed by atoms with Crippen LogP contribution in [0.4, 0.5) is 4.39 Å². The molecule has 0 atom stereocenters. The fourth-order valence-corrected chi connectivity index (χ4v) is 2.97. The van der Waals surface area contributed by atoms with Gasteiger partial charge < -0.3 is 14.8 Å². The SMILES string of the molecule is CCOc1cccc(CNCCc2ccc(F)cc2)c1OCc1ccccc1.Cl. The van der Waals surface area contributed by atoms with Gasteiger partial charge in [0.05, 0.1) is 6.61 Å². The molecule has 3 nitrogen and oxygen atoms in total. The Morgan fingerprint density at radius 1 is 0.828 bits per heavy atom. The van der Waals surface area contributed by atoms with E-state index < -0.39 is 0 Å². The molecule has 0 bridgehead atoms. The molecular weight excluding hydrogens is 389 g/mol. The average molecular weight is 416 g/mol. The van der Waals surface area contributed by atoms with Gasteiger partial charge in [0.1, 0.15) is 12.4 Å². The van der Waals surface area contributed by atoms with Gasteiger partial charge in [0.15, 0.2) is 11.5 Å². The Morgan fingerprint density at radius 2 is 1.59 bits per heavy atom. The van der Waals surface area contributed by atoms with Crippen molar-refractivity contribution in [2.75, 3.05) is 13.2 Å². The Morgan fingerprint density at radius 3 is 2.31 bits per heavy atom. The first kappa shape index (κ1) is 22.7. The summed E-state index contributed by atoms with van der Waals surface area (Å²) in [5, 5.41) is 3.44. The molecule has 0 heterocycles. The van der Waals surface area contributed by atoms with Crippen LogP contribution < -0.4 is 14.8 Å². The van der Waals surface area contributed by atoms with Crippen molar-refractivity contribution in [1.29, 1.82) is 0 Å². The molecule has 3 rings (SSSR count). The van der Waals surface area contributed by atoms with Gasteiger partial charge in [-0.1, -0.05) is 54.6 Å². The molecule has 0 saturated heterocycles. The largest absolute Gasteiger partial charge is 0.490 e. The molecule has 0 aliphatic carbocycles. The minimum absolute atomic E-state index is 0. The van der Waals surface area contributed by atoms with Gasteiger partial charge in [-0.2, -0.15) is 0 Å². The first-order valence-electron chi connectivity index (χ1n) is 9.63. The first-order chi connectivity index (χ1) is 13.8. The van der Waals surface area contributed by atoms with Crippen LogP contribution in [0.25, 0.3) is 0 Å². The molecule has 0 spiro atoms. The molecule has 29 heavy (non-hydrogen) atoms. The number of hydrogen-bond donors (Lipinski definition) is 1. The van der Waals surface area contributed by atoms with E-state index in [1.54, 1.807) is 0 Å². The lowest BCUT2D eigenvalue weighted by Gasteiger charge is -2.16. The predicted octanol–water partition coefficient (Wildman–Crippen LogP) is 5.56. The summed E-state index contributed by atoms with van der Waals surface area (Å²) >= 11 is 0. The maximum atomic E-state index is 13.0. The van der Waals surface area contributed by atoms with Gasteiger partial charge >= 0.3 is 0 Å². The number of rotatable bonds is 10. The van der Waals surface area contributed by atoms with E-state index in [1.807, 2.05) is 67.6 Å². The van der Waals surface area contributed by atoms with Crippen molar-refractivity contribution in [1.82, 2.24) is 5.32 Å². The van der Waals surface area contributed by atoms with Gasteiger partial charge in [-0.05, 0) is 49.2 Å². The molecule has 0 fully saturated rings. The zero-order chi connectivity index (χ0) is 19.6. The summed E-state index contributed by atoms with van der Waals surface area (Å²) < 4.78 is 24.9. The molecule has 0 aliphatic heterocycles. The normalized spacial score (nSPS) is 10.3. The molecule has 5 heteroatoms. The van der Waals surface area contributed by atoms with Gasteiger partial charge in [-0.3, -0.25) is 0 Å². The fraction of sp³-hybridized carbons (Fsp3) is 0.250. The number of ether oxygens (including phenoxy) is 2. The van der Waals surface area contributed by atoms with E-state index in [1.165, 1.54) is 12.1 Å². The molecule has 3 aromatic rings. The van der Waals surface area contributed by atoms with E-state index in [-0.39, 0.29) is 18.2 Å². The smallest absolute Gasteiger partial charge is 0.166 e. The summed E-state index contributed by atoms with van der Waals surface area (Å²) in [6, 6.07) is 22.7. The molecule has 1 N–H and O–H groups in total. The van der Waals surface area contributed by atoms with Crippen LogP contribution in [0.3, 0.4) is 0 Å². The molecule has 0 amide bonds. The van der Waals surface area contributed by atoms with Crippen molar-refractivity contribution < 1.29 is 13.9 Å². The molecule has 0 saturated carbocycles. The zero-order valence-corrected chi connectivity index (χ0v) is 17.4. The van der Waals surface area contributed by atoms with Gasteiger partial charge in [0.25, 0.3) is 0 Å². The van der Waals surface area contributed by atoms with E-state index in [4.69, 9.17) is 9.47 Å². The number of nitrogens with one attached hydrogen (secondary N) is 1. The van der Waals surface area contributed by atoms with E-state index in [2.05, 4.69) is 5.32 Å². The number of para-hydroxylation sites is 1. The fourth-order valence-electron chi connectivity index (χ4n) is 2.97. The average Bonchev–Trinajstić information content (AvgIpc) is 2.73. The Kier molecular flexibility index (Phi) is 9.48. The van der Waals surface area contributed by atoms with Crippen LogP contribution in [0.1, 0.15) is 23.6 Å². The van der Waals surface area contributed by atoms with Crippen LogP contribution in [-0.4, -0.2) is 13.2 Å². The van der Waals surface area contributed by atoms with Crippen molar-refractivity contribution in [3.63, 3.8) is 0 Å². The lowest BCUT2D eigenvalue weighted by molar-refractivity contribution is 0.266. The predicted molar refractivity (Wildman–Crippen MR) is 117 cm³/mol. The second kappa shape index (κ2) is 12.1. The molecule has 0 unspecified atom stereocenters. The van der Waals surface area contributed by atoms with Crippen LogP contribution in [-0.2, 0) is 19.6 Å². The van der Waals surface area contributed by atoms with Gasteiger partial charge in [-0.25, -0.2) is 4.39 Å². The van der Waals surface area contributed by atoms with Gasteiger partial charge in [-0.15, -0.1) is 12.4 Å². The Hall–Kier alpha value is -2.56. The highest BCUT2D eigenvalue weighted by Crippen LogP contribution is 2.32. The minimum Gasteiger partial charge on any atom is -0.490 e. The van der Waals surface area contributed by atoms with Gasteiger partial charge in [0.2, 0.25) is 0 Å². The number of halogens is 2. The summed E-state index contributed by atoms with van der Waals surface area (Å²) in [6.45, 7) is 4.51. The molecule has 0 aliphatic rings. The van der Waals surface area contributed by atoms with Crippen molar-refractivity contribution >= 4 is 12.4 Å². The Bertz CT molecular complexity index is 857. The third-order valence-corrected chi connectivity index (χ3v) is 4.41. The highest BCUT2D eigenvalue weighted by Gasteiger charge is 2.11. The molecule has 0 aromatic heterocycles. The molecule has 3 aromatic carbocycles. The first-order valence-corrected chi connectivity index (χ1v) is 9.63.